The molecular weight excluding hydrogens is 574 g/mol. The van der Waals surface area contributed by atoms with E-state index in [1.165, 1.54) is 6.07 Å². The highest BCUT2D eigenvalue weighted by molar-refractivity contribution is 6.30. The van der Waals surface area contributed by atoms with Gasteiger partial charge in [-0.05, 0) is 66.2 Å². The van der Waals surface area contributed by atoms with E-state index in [9.17, 15) is 13.9 Å². The van der Waals surface area contributed by atoms with E-state index in [0.29, 0.717) is 45.6 Å². The second-order valence-electron chi connectivity index (χ2n) is 9.12. The molecule has 0 aliphatic rings. The molecule has 7 nitrogen and oxygen atoms in total. The molecule has 216 valence electrons. The quantitative estimate of drug-likeness (QED) is 0.0622. The number of ether oxygens (including phenoxy) is 1. The van der Waals surface area contributed by atoms with E-state index in [-0.39, 0.29) is 0 Å². The molecule has 0 bridgehead atoms. The summed E-state index contributed by atoms with van der Waals surface area (Å²) in [5, 5.41) is 15.5. The molecule has 0 aliphatic heterocycles. The Morgan fingerprint density at radius 3 is 2.26 bits per heavy atom. The van der Waals surface area contributed by atoms with Gasteiger partial charge in [0.15, 0.2) is 5.60 Å². The van der Waals surface area contributed by atoms with Crippen molar-refractivity contribution in [3.63, 3.8) is 0 Å². The minimum atomic E-state index is -4.21. The molecule has 4 aromatic rings. The Kier molecular flexibility index (Phi) is 9.32. The molecule has 1 heterocycles. The van der Waals surface area contributed by atoms with Gasteiger partial charge in [-0.15, -0.1) is 0 Å². The first kappa shape index (κ1) is 30.3. The largest absolute Gasteiger partial charge is 0.489 e. The molecular formula is C30H24ClF4N5O2. The minimum Gasteiger partial charge on any atom is -0.489 e. The van der Waals surface area contributed by atoms with E-state index in [1.54, 1.807) is 36.4 Å². The van der Waals surface area contributed by atoms with Crippen LogP contribution in [-0.4, -0.2) is 28.0 Å². The number of aromatic nitrogens is 1. The number of aliphatic hydroxyl groups is 1. The predicted molar refractivity (Wildman–Crippen MR) is 150 cm³/mol. The summed E-state index contributed by atoms with van der Waals surface area (Å²) in [4.78, 5) is 3.77. The van der Waals surface area contributed by atoms with E-state index in [0.717, 1.165) is 30.2 Å². The van der Waals surface area contributed by atoms with Crippen molar-refractivity contribution in [1.82, 2.24) is 9.99 Å². The maximum absolute atomic E-state index is 15.8. The molecule has 0 fully saturated rings. The van der Waals surface area contributed by atoms with Crippen LogP contribution in [0.5, 0.6) is 5.75 Å². The summed E-state index contributed by atoms with van der Waals surface area (Å²) in [6, 6.07) is 18.3. The van der Waals surface area contributed by atoms with Gasteiger partial charge in [0.25, 0.3) is 0 Å². The lowest BCUT2D eigenvalue weighted by Gasteiger charge is -2.37. The molecule has 5 N–H and O–H groups in total. The Morgan fingerprint density at radius 2 is 1.64 bits per heavy atom. The second-order valence-corrected chi connectivity index (χ2v) is 9.55. The van der Waals surface area contributed by atoms with E-state index in [2.05, 4.69) is 21.9 Å². The number of nitrogens with zero attached hydrogens (tertiary/aromatic N) is 3. The highest BCUT2D eigenvalue weighted by Gasteiger charge is 2.58. The summed E-state index contributed by atoms with van der Waals surface area (Å²) in [7, 11) is 0. The van der Waals surface area contributed by atoms with Crippen LogP contribution in [0.15, 0.2) is 90.2 Å². The third-order valence-corrected chi connectivity index (χ3v) is 6.38. The number of hydrogen-bond acceptors (Lipinski definition) is 6. The first-order chi connectivity index (χ1) is 20.0. The zero-order valence-electron chi connectivity index (χ0n) is 21.8. The third kappa shape index (κ3) is 6.98. The SMILES string of the molecule is N/N=C\N(N)CC(O)(c1ccc(F)cc1F)C(F)(F)c1ccc(C#Cc2ccc(OCc3ccc(Cl)cc3)cc2)cn1. The number of hydrazone groups is 1. The van der Waals surface area contributed by atoms with Gasteiger partial charge in [0.2, 0.25) is 0 Å². The van der Waals surface area contributed by atoms with Crippen molar-refractivity contribution >= 4 is 17.9 Å². The lowest BCUT2D eigenvalue weighted by atomic mass is 9.84. The first-order valence-electron chi connectivity index (χ1n) is 12.3. The van der Waals surface area contributed by atoms with Crippen molar-refractivity contribution in [3.8, 4) is 17.6 Å². The summed E-state index contributed by atoms with van der Waals surface area (Å²) in [6.45, 7) is -0.705. The molecule has 0 saturated carbocycles. The van der Waals surface area contributed by atoms with E-state index < -0.39 is 41.0 Å². The molecule has 1 atom stereocenters. The molecule has 42 heavy (non-hydrogen) atoms. The summed E-state index contributed by atoms with van der Waals surface area (Å²) >= 11 is 5.89. The standard InChI is InChI=1S/C30H24ClF4N5O2/c31-23-8-3-22(4-9-23)17-42-25-11-5-20(6-12-25)1-2-21-7-14-28(38-16-21)30(34,35)29(41,18-40(37)19-39-36)26-13-10-24(32)15-27(26)33/h3-16,19,41H,17-18,36-37H2/b39-19-. The molecule has 0 amide bonds. The highest BCUT2D eigenvalue weighted by atomic mass is 35.5. The van der Waals surface area contributed by atoms with Gasteiger partial charge in [0.1, 0.15) is 36.0 Å². The van der Waals surface area contributed by atoms with Crippen LogP contribution in [0.2, 0.25) is 5.02 Å². The number of hydrogen-bond donors (Lipinski definition) is 3. The van der Waals surface area contributed by atoms with Gasteiger partial charge >= 0.3 is 5.92 Å². The second kappa shape index (κ2) is 12.9. The Bertz CT molecular complexity index is 1610. The Labute approximate surface area is 244 Å². The molecule has 1 aromatic heterocycles. The molecule has 1 unspecified atom stereocenters. The number of halogens is 5. The van der Waals surface area contributed by atoms with Gasteiger partial charge in [-0.25, -0.2) is 14.6 Å². The predicted octanol–water partition coefficient (Wildman–Crippen LogP) is 5.05. The van der Waals surface area contributed by atoms with Crippen molar-refractivity contribution in [3.05, 3.63) is 130 Å². The number of nitrogens with two attached hydrogens (primary N) is 2. The van der Waals surface area contributed by atoms with Crippen LogP contribution < -0.4 is 16.4 Å². The van der Waals surface area contributed by atoms with Crippen LogP contribution in [0.25, 0.3) is 0 Å². The number of pyridine rings is 1. The Hall–Kier alpha value is -4.63. The molecule has 0 saturated heterocycles. The first-order valence-corrected chi connectivity index (χ1v) is 12.7. The van der Waals surface area contributed by atoms with Crippen molar-refractivity contribution in [2.75, 3.05) is 6.54 Å². The molecule has 4 rings (SSSR count). The van der Waals surface area contributed by atoms with Gasteiger partial charge in [0, 0.05) is 34.0 Å². The average Bonchev–Trinajstić information content (AvgIpc) is 2.96. The fourth-order valence-corrected chi connectivity index (χ4v) is 4.09. The maximum atomic E-state index is 15.8. The number of hydrazine groups is 1. The fraction of sp³-hybridized carbons (Fsp3) is 0.133. The van der Waals surface area contributed by atoms with Gasteiger partial charge in [-0.1, -0.05) is 35.6 Å². The highest BCUT2D eigenvalue weighted by Crippen LogP contribution is 2.46. The Morgan fingerprint density at radius 1 is 0.976 bits per heavy atom. The van der Waals surface area contributed by atoms with Crippen LogP contribution in [0.4, 0.5) is 17.6 Å². The molecule has 0 spiro atoms. The smallest absolute Gasteiger partial charge is 0.323 e. The normalized spacial score (nSPS) is 12.8. The summed E-state index contributed by atoms with van der Waals surface area (Å²) in [5.41, 5.74) is -3.21. The van der Waals surface area contributed by atoms with E-state index in [1.807, 2.05) is 12.1 Å². The van der Waals surface area contributed by atoms with Crippen LogP contribution in [-0.2, 0) is 18.1 Å². The number of rotatable bonds is 9. The summed E-state index contributed by atoms with van der Waals surface area (Å²) in [6.07, 6.45) is 1.84. The van der Waals surface area contributed by atoms with Crippen molar-refractivity contribution < 1.29 is 27.4 Å². The van der Waals surface area contributed by atoms with Gasteiger partial charge in [0.05, 0.1) is 6.54 Å². The maximum Gasteiger partial charge on any atom is 0.323 e. The number of alkyl halides is 2. The third-order valence-electron chi connectivity index (χ3n) is 6.13. The summed E-state index contributed by atoms with van der Waals surface area (Å²) < 4.78 is 65.4. The zero-order valence-corrected chi connectivity index (χ0v) is 22.6. The lowest BCUT2D eigenvalue weighted by Crippen LogP contribution is -2.53. The average molecular weight is 598 g/mol. The molecule has 12 heteroatoms. The molecule has 3 aromatic carbocycles. The fourth-order valence-electron chi connectivity index (χ4n) is 3.96. The van der Waals surface area contributed by atoms with E-state index in [4.69, 9.17) is 28.0 Å². The topological polar surface area (TPSA) is 110 Å². The van der Waals surface area contributed by atoms with Crippen LogP contribution in [0, 0.1) is 23.5 Å². The van der Waals surface area contributed by atoms with Crippen molar-refractivity contribution in [1.29, 1.82) is 0 Å². The Balaban J connectivity index is 1.51. The summed E-state index contributed by atoms with van der Waals surface area (Å²) in [5.74, 6) is 10.3. The van der Waals surface area contributed by atoms with Crippen LogP contribution >= 0.6 is 11.6 Å². The number of benzene rings is 3. The van der Waals surface area contributed by atoms with E-state index >= 15 is 8.78 Å². The molecule has 0 aliphatic carbocycles. The lowest BCUT2D eigenvalue weighted by molar-refractivity contribution is -0.203. The van der Waals surface area contributed by atoms with Gasteiger partial charge < -0.3 is 15.7 Å². The zero-order chi connectivity index (χ0) is 30.3. The van der Waals surface area contributed by atoms with Gasteiger partial charge in [-0.3, -0.25) is 9.99 Å². The van der Waals surface area contributed by atoms with Crippen molar-refractivity contribution in [2.24, 2.45) is 16.8 Å². The molecule has 0 radical (unpaired) electrons. The monoisotopic (exact) mass is 597 g/mol. The van der Waals surface area contributed by atoms with Gasteiger partial charge in [-0.2, -0.15) is 13.9 Å². The van der Waals surface area contributed by atoms with Crippen molar-refractivity contribution in [2.45, 2.75) is 18.1 Å². The van der Waals surface area contributed by atoms with Crippen LogP contribution in [0.1, 0.15) is 27.9 Å². The van der Waals surface area contributed by atoms with Crippen LogP contribution in [0.3, 0.4) is 0 Å². The minimum absolute atomic E-state index is 0.296.